The maximum Gasteiger partial charge on any atom is 0.264 e. The van der Waals surface area contributed by atoms with E-state index in [0.29, 0.717) is 21.4 Å². The number of halogens is 1. The van der Waals surface area contributed by atoms with Crippen molar-refractivity contribution < 1.29 is 8.42 Å². The molecule has 0 aliphatic rings. The smallest absolute Gasteiger partial charge is 0.247 e. The molecule has 0 unspecified atom stereocenters. The molecule has 106 valence electrons. The van der Waals surface area contributed by atoms with Crippen molar-refractivity contribution in [3.63, 3.8) is 0 Å². The van der Waals surface area contributed by atoms with E-state index in [1.54, 1.807) is 45.0 Å². The number of rotatable bonds is 3. The monoisotopic (exact) mass is 355 g/mol. The second-order valence-electron chi connectivity index (χ2n) is 4.49. The summed E-state index contributed by atoms with van der Waals surface area (Å²) in [6.45, 7) is 5.32. The van der Waals surface area contributed by atoms with Crippen LogP contribution < -0.4 is 4.72 Å². The zero-order valence-corrected chi connectivity index (χ0v) is 13.7. The van der Waals surface area contributed by atoms with Gasteiger partial charge in [0, 0.05) is 15.9 Å². The number of aryl methyl sites for hydroxylation is 3. The fourth-order valence-electron chi connectivity index (χ4n) is 1.81. The first-order valence-electron chi connectivity index (χ1n) is 5.89. The summed E-state index contributed by atoms with van der Waals surface area (Å²) < 4.78 is 27.9. The summed E-state index contributed by atoms with van der Waals surface area (Å²) in [5, 5.41) is 0. The Bertz CT molecular complexity index is 740. The molecule has 20 heavy (non-hydrogen) atoms. The molecule has 0 amide bonds. The molecule has 7 heteroatoms. The molecule has 0 bridgehead atoms. The van der Waals surface area contributed by atoms with E-state index in [9.17, 15) is 8.42 Å². The average molecular weight is 356 g/mol. The standard InChI is InChI=1S/C13H14BrN3O2S/c1-8-4-5-11(14)7-12(8)20(18,19)17-13-15-9(2)6-10(3)16-13/h4-7H,1-3H3,(H,15,16,17). The fraction of sp³-hybridized carbons (Fsp3) is 0.231. The summed E-state index contributed by atoms with van der Waals surface area (Å²) in [5.41, 5.74) is 2.08. The lowest BCUT2D eigenvalue weighted by Crippen LogP contribution is -2.16. The van der Waals surface area contributed by atoms with E-state index in [2.05, 4.69) is 30.6 Å². The van der Waals surface area contributed by atoms with Crippen molar-refractivity contribution in [1.82, 2.24) is 9.97 Å². The number of hydrogen-bond acceptors (Lipinski definition) is 4. The first-order valence-corrected chi connectivity index (χ1v) is 8.17. The third kappa shape index (κ3) is 3.34. The Kier molecular flexibility index (Phi) is 4.10. The molecular formula is C13H14BrN3O2S. The number of sulfonamides is 1. The van der Waals surface area contributed by atoms with Crippen molar-refractivity contribution in [2.45, 2.75) is 25.7 Å². The molecule has 1 N–H and O–H groups in total. The largest absolute Gasteiger partial charge is 0.264 e. The van der Waals surface area contributed by atoms with Crippen molar-refractivity contribution in [1.29, 1.82) is 0 Å². The molecule has 0 aliphatic carbocycles. The number of anilines is 1. The molecule has 0 spiro atoms. The number of aromatic nitrogens is 2. The van der Waals surface area contributed by atoms with Crippen LogP contribution in [0.5, 0.6) is 0 Å². The normalized spacial score (nSPS) is 11.4. The summed E-state index contributed by atoms with van der Waals surface area (Å²) in [4.78, 5) is 8.37. The van der Waals surface area contributed by atoms with Gasteiger partial charge in [-0.2, -0.15) is 0 Å². The molecule has 0 atom stereocenters. The van der Waals surface area contributed by atoms with E-state index in [1.807, 2.05) is 0 Å². The average Bonchev–Trinajstić information content (AvgIpc) is 2.30. The van der Waals surface area contributed by atoms with Gasteiger partial charge in [-0.25, -0.2) is 23.1 Å². The Labute approximate surface area is 126 Å². The summed E-state index contributed by atoms with van der Waals surface area (Å²) in [5.74, 6) is 0.0851. The van der Waals surface area contributed by atoms with Crippen molar-refractivity contribution in [2.24, 2.45) is 0 Å². The van der Waals surface area contributed by atoms with Gasteiger partial charge in [0.05, 0.1) is 4.90 Å². The molecule has 2 rings (SSSR count). The van der Waals surface area contributed by atoms with Crippen LogP contribution >= 0.6 is 15.9 Å². The van der Waals surface area contributed by atoms with Crippen LogP contribution in [0.1, 0.15) is 17.0 Å². The van der Waals surface area contributed by atoms with E-state index in [0.717, 1.165) is 0 Å². The number of benzene rings is 1. The molecule has 1 aromatic heterocycles. The highest BCUT2D eigenvalue weighted by molar-refractivity contribution is 9.10. The van der Waals surface area contributed by atoms with Crippen LogP contribution in [0.2, 0.25) is 0 Å². The quantitative estimate of drug-likeness (QED) is 0.918. The number of hydrogen-bond donors (Lipinski definition) is 1. The van der Waals surface area contributed by atoms with Crippen LogP contribution in [0.3, 0.4) is 0 Å². The number of nitrogens with zero attached hydrogens (tertiary/aromatic N) is 2. The predicted molar refractivity (Wildman–Crippen MR) is 81.2 cm³/mol. The van der Waals surface area contributed by atoms with Gasteiger partial charge in [-0.1, -0.05) is 22.0 Å². The molecule has 1 heterocycles. The zero-order valence-electron chi connectivity index (χ0n) is 11.3. The van der Waals surface area contributed by atoms with Gasteiger partial charge in [-0.15, -0.1) is 0 Å². The van der Waals surface area contributed by atoms with Gasteiger partial charge < -0.3 is 0 Å². The number of nitrogens with one attached hydrogen (secondary N) is 1. The zero-order chi connectivity index (χ0) is 14.9. The van der Waals surface area contributed by atoms with Crippen molar-refractivity contribution in [2.75, 3.05) is 4.72 Å². The minimum atomic E-state index is -3.71. The minimum absolute atomic E-state index is 0.0851. The molecular weight excluding hydrogens is 342 g/mol. The molecule has 0 saturated carbocycles. The summed E-state index contributed by atoms with van der Waals surface area (Å²) in [7, 11) is -3.71. The van der Waals surface area contributed by atoms with Gasteiger partial charge in [0.2, 0.25) is 5.95 Å². The van der Waals surface area contributed by atoms with Crippen LogP contribution in [0.4, 0.5) is 5.95 Å². The Morgan fingerprint density at radius 3 is 2.25 bits per heavy atom. The maximum atomic E-state index is 12.4. The Balaban J connectivity index is 2.43. The van der Waals surface area contributed by atoms with Crippen LogP contribution in [0, 0.1) is 20.8 Å². The van der Waals surface area contributed by atoms with Crippen LogP contribution in [0.15, 0.2) is 33.6 Å². The molecule has 0 fully saturated rings. The topological polar surface area (TPSA) is 72.0 Å². The summed E-state index contributed by atoms with van der Waals surface area (Å²) in [6, 6.07) is 6.87. The van der Waals surface area contributed by atoms with Crippen molar-refractivity contribution in [3.05, 3.63) is 45.7 Å². The Morgan fingerprint density at radius 2 is 1.65 bits per heavy atom. The Hall–Kier alpha value is -1.47. The van der Waals surface area contributed by atoms with E-state index in [4.69, 9.17) is 0 Å². The lowest BCUT2D eigenvalue weighted by molar-refractivity contribution is 0.600. The SMILES string of the molecule is Cc1cc(C)nc(NS(=O)(=O)c2cc(Br)ccc2C)n1. The molecule has 1 aromatic carbocycles. The lowest BCUT2D eigenvalue weighted by Gasteiger charge is -2.10. The highest BCUT2D eigenvalue weighted by Crippen LogP contribution is 2.22. The van der Waals surface area contributed by atoms with E-state index >= 15 is 0 Å². The van der Waals surface area contributed by atoms with Gasteiger partial charge in [-0.05, 0) is 44.5 Å². The molecule has 0 aliphatic heterocycles. The molecule has 2 aromatic rings. The highest BCUT2D eigenvalue weighted by Gasteiger charge is 2.18. The fourth-order valence-corrected chi connectivity index (χ4v) is 3.54. The highest BCUT2D eigenvalue weighted by atomic mass is 79.9. The first kappa shape index (κ1) is 14.9. The van der Waals surface area contributed by atoms with Gasteiger partial charge in [0.15, 0.2) is 0 Å². The second-order valence-corrected chi connectivity index (χ2v) is 7.06. The van der Waals surface area contributed by atoms with Crippen LogP contribution in [-0.4, -0.2) is 18.4 Å². The second kappa shape index (κ2) is 5.49. The predicted octanol–water partition coefficient (Wildman–Crippen LogP) is 2.97. The van der Waals surface area contributed by atoms with Gasteiger partial charge in [0.1, 0.15) is 0 Å². The van der Waals surface area contributed by atoms with Gasteiger partial charge in [0.25, 0.3) is 10.0 Å². The third-order valence-electron chi connectivity index (χ3n) is 2.65. The maximum absolute atomic E-state index is 12.4. The molecule has 5 nitrogen and oxygen atoms in total. The molecule has 0 saturated heterocycles. The molecule has 0 radical (unpaired) electrons. The van der Waals surface area contributed by atoms with E-state index < -0.39 is 10.0 Å². The van der Waals surface area contributed by atoms with E-state index in [-0.39, 0.29) is 10.8 Å². The third-order valence-corrected chi connectivity index (χ3v) is 4.61. The van der Waals surface area contributed by atoms with Crippen molar-refractivity contribution >= 4 is 31.9 Å². The summed E-state index contributed by atoms with van der Waals surface area (Å²) in [6.07, 6.45) is 0. The summed E-state index contributed by atoms with van der Waals surface area (Å²) >= 11 is 3.27. The van der Waals surface area contributed by atoms with Crippen molar-refractivity contribution in [3.8, 4) is 0 Å². The van der Waals surface area contributed by atoms with Gasteiger partial charge >= 0.3 is 0 Å². The van der Waals surface area contributed by atoms with Gasteiger partial charge in [-0.3, -0.25) is 0 Å². The first-order chi connectivity index (χ1) is 9.28. The minimum Gasteiger partial charge on any atom is -0.247 e. The van der Waals surface area contributed by atoms with Crippen LogP contribution in [-0.2, 0) is 10.0 Å². The lowest BCUT2D eigenvalue weighted by atomic mass is 10.2. The Morgan fingerprint density at radius 1 is 1.05 bits per heavy atom. The van der Waals surface area contributed by atoms with E-state index in [1.165, 1.54) is 0 Å². The van der Waals surface area contributed by atoms with Crippen LogP contribution in [0.25, 0.3) is 0 Å².